The Bertz CT molecular complexity index is 516. The van der Waals surface area contributed by atoms with E-state index in [1.54, 1.807) is 6.92 Å². The zero-order valence-electron chi connectivity index (χ0n) is 10.7. The molecule has 108 valence electrons. The summed E-state index contributed by atoms with van der Waals surface area (Å²) >= 11 is 0. The molecule has 0 aromatic heterocycles. The Morgan fingerprint density at radius 2 is 1.84 bits per heavy atom. The quantitative estimate of drug-likeness (QED) is 0.745. The minimum absolute atomic E-state index is 0. The first-order valence-electron chi connectivity index (χ1n) is 5.45. The van der Waals surface area contributed by atoms with E-state index in [4.69, 9.17) is 5.73 Å². The molecule has 4 N–H and O–H groups in total. The molecule has 0 bridgehead atoms. The van der Waals surface area contributed by atoms with Crippen molar-refractivity contribution in [2.75, 3.05) is 11.9 Å². The first-order valence-corrected chi connectivity index (χ1v) is 6.93. The number of nitrogens with one attached hydrogen (secondary N) is 2. The summed E-state index contributed by atoms with van der Waals surface area (Å²) in [4.78, 5) is 11.0. The van der Waals surface area contributed by atoms with Crippen molar-refractivity contribution in [3.63, 3.8) is 0 Å². The minimum atomic E-state index is -3.56. The molecule has 0 aliphatic rings. The molecule has 0 radical (unpaired) electrons. The third kappa shape index (κ3) is 5.56. The molecule has 0 saturated heterocycles. The Morgan fingerprint density at radius 1 is 1.32 bits per heavy atom. The maximum atomic E-state index is 11.9. The molecule has 1 amide bonds. The van der Waals surface area contributed by atoms with Gasteiger partial charge in [0, 0.05) is 25.2 Å². The Balaban J connectivity index is 0.00000324. The van der Waals surface area contributed by atoms with Crippen LogP contribution in [-0.4, -0.2) is 26.9 Å². The molecule has 0 unspecified atom stereocenters. The Hall–Kier alpha value is -1.15. The van der Waals surface area contributed by atoms with Crippen LogP contribution in [0.15, 0.2) is 29.2 Å². The van der Waals surface area contributed by atoms with Crippen LogP contribution >= 0.6 is 12.4 Å². The summed E-state index contributed by atoms with van der Waals surface area (Å²) in [5.74, 6) is -0.208. The van der Waals surface area contributed by atoms with E-state index in [2.05, 4.69) is 10.0 Å². The average Bonchev–Trinajstić information content (AvgIpc) is 2.28. The van der Waals surface area contributed by atoms with E-state index in [0.29, 0.717) is 5.69 Å². The van der Waals surface area contributed by atoms with Crippen LogP contribution in [0.5, 0.6) is 0 Å². The summed E-state index contributed by atoms with van der Waals surface area (Å²) in [5.41, 5.74) is 5.91. The van der Waals surface area contributed by atoms with Gasteiger partial charge < -0.3 is 11.1 Å². The van der Waals surface area contributed by atoms with Gasteiger partial charge in [-0.15, -0.1) is 12.4 Å². The van der Waals surface area contributed by atoms with Crippen molar-refractivity contribution in [3.05, 3.63) is 24.3 Å². The molecule has 6 nitrogen and oxygen atoms in total. The topological polar surface area (TPSA) is 101 Å². The predicted molar refractivity (Wildman–Crippen MR) is 76.8 cm³/mol. The fourth-order valence-electron chi connectivity index (χ4n) is 1.30. The number of amides is 1. The summed E-state index contributed by atoms with van der Waals surface area (Å²) in [6.45, 7) is 3.29. The van der Waals surface area contributed by atoms with Crippen molar-refractivity contribution in [3.8, 4) is 0 Å². The number of carbonyl (C=O) groups excluding carboxylic acids is 1. The van der Waals surface area contributed by atoms with Crippen LogP contribution in [0.2, 0.25) is 0 Å². The van der Waals surface area contributed by atoms with Gasteiger partial charge in [-0.3, -0.25) is 4.79 Å². The zero-order chi connectivity index (χ0) is 13.8. The minimum Gasteiger partial charge on any atom is -0.329 e. The molecule has 8 heteroatoms. The van der Waals surface area contributed by atoms with Gasteiger partial charge in [-0.05, 0) is 31.2 Å². The van der Waals surface area contributed by atoms with Gasteiger partial charge in [0.15, 0.2) is 0 Å². The third-order valence-electron chi connectivity index (χ3n) is 2.19. The maximum absolute atomic E-state index is 11.9. The molecular formula is C11H18ClN3O3S. The fourth-order valence-corrected chi connectivity index (χ4v) is 2.56. The van der Waals surface area contributed by atoms with Crippen LogP contribution in [0.25, 0.3) is 0 Å². The maximum Gasteiger partial charge on any atom is 0.240 e. The largest absolute Gasteiger partial charge is 0.329 e. The van der Waals surface area contributed by atoms with Crippen molar-refractivity contribution in [2.24, 2.45) is 5.73 Å². The van der Waals surface area contributed by atoms with Crippen LogP contribution in [0.1, 0.15) is 13.8 Å². The van der Waals surface area contributed by atoms with Gasteiger partial charge in [-0.2, -0.15) is 0 Å². The summed E-state index contributed by atoms with van der Waals surface area (Å²) in [5, 5.41) is 2.56. The van der Waals surface area contributed by atoms with Gasteiger partial charge >= 0.3 is 0 Å². The summed E-state index contributed by atoms with van der Waals surface area (Å²) in [7, 11) is -3.56. The number of rotatable bonds is 5. The van der Waals surface area contributed by atoms with Gasteiger partial charge in [0.1, 0.15) is 0 Å². The second kappa shape index (κ2) is 7.44. The van der Waals surface area contributed by atoms with Crippen molar-refractivity contribution < 1.29 is 13.2 Å². The van der Waals surface area contributed by atoms with E-state index >= 15 is 0 Å². The van der Waals surface area contributed by atoms with Crippen LogP contribution in [0, 0.1) is 0 Å². The van der Waals surface area contributed by atoms with Crippen molar-refractivity contribution >= 4 is 34.0 Å². The SMILES string of the molecule is CC(=O)Nc1ccc(S(=O)(=O)N[C@H](C)CN)cc1.Cl. The molecule has 19 heavy (non-hydrogen) atoms. The lowest BCUT2D eigenvalue weighted by atomic mass is 10.3. The van der Waals surface area contributed by atoms with E-state index in [0.717, 1.165) is 0 Å². The third-order valence-corrected chi connectivity index (χ3v) is 3.80. The van der Waals surface area contributed by atoms with Gasteiger partial charge in [0.05, 0.1) is 4.90 Å². The number of anilines is 1. The lowest BCUT2D eigenvalue weighted by Crippen LogP contribution is -2.37. The zero-order valence-corrected chi connectivity index (χ0v) is 12.3. The molecule has 0 spiro atoms. The smallest absolute Gasteiger partial charge is 0.240 e. The number of benzene rings is 1. The fraction of sp³-hybridized carbons (Fsp3) is 0.364. The lowest BCUT2D eigenvalue weighted by molar-refractivity contribution is -0.114. The Kier molecular flexibility index (Phi) is 6.99. The number of carbonyl (C=O) groups is 1. The molecule has 0 saturated carbocycles. The summed E-state index contributed by atoms with van der Waals surface area (Å²) < 4.78 is 26.2. The van der Waals surface area contributed by atoms with Crippen molar-refractivity contribution in [1.29, 1.82) is 0 Å². The second-order valence-corrected chi connectivity index (χ2v) is 5.68. The van der Waals surface area contributed by atoms with Crippen LogP contribution in [-0.2, 0) is 14.8 Å². The molecule has 1 aromatic rings. The van der Waals surface area contributed by atoms with E-state index in [-0.39, 0.29) is 35.8 Å². The highest BCUT2D eigenvalue weighted by atomic mass is 35.5. The van der Waals surface area contributed by atoms with Crippen LogP contribution < -0.4 is 15.8 Å². The molecule has 0 aliphatic carbocycles. The number of sulfonamides is 1. The van der Waals surface area contributed by atoms with E-state index in [1.165, 1.54) is 31.2 Å². The molecule has 0 heterocycles. The average molecular weight is 308 g/mol. The highest BCUT2D eigenvalue weighted by molar-refractivity contribution is 7.89. The predicted octanol–water partition coefficient (Wildman–Crippen LogP) is 0.692. The first kappa shape index (κ1) is 17.8. The molecule has 0 fully saturated rings. The number of nitrogens with two attached hydrogens (primary N) is 1. The standard InChI is InChI=1S/C11H17N3O3S.ClH/c1-8(7-12)14-18(16,17)11-5-3-10(4-6-11)13-9(2)15;/h3-6,8,14H,7,12H2,1-2H3,(H,13,15);1H/t8-;/m1./s1. The molecule has 1 atom stereocenters. The van der Waals surface area contributed by atoms with Crippen LogP contribution in [0.3, 0.4) is 0 Å². The van der Waals surface area contributed by atoms with E-state index < -0.39 is 10.0 Å². The Morgan fingerprint density at radius 3 is 2.26 bits per heavy atom. The van der Waals surface area contributed by atoms with Crippen molar-refractivity contribution in [1.82, 2.24) is 4.72 Å². The summed E-state index contributed by atoms with van der Waals surface area (Å²) in [6, 6.07) is 5.59. The molecule has 1 rings (SSSR count). The highest BCUT2D eigenvalue weighted by Crippen LogP contribution is 2.14. The van der Waals surface area contributed by atoms with E-state index in [1.807, 2.05) is 0 Å². The highest BCUT2D eigenvalue weighted by Gasteiger charge is 2.16. The first-order chi connectivity index (χ1) is 8.35. The van der Waals surface area contributed by atoms with Crippen LogP contribution in [0.4, 0.5) is 5.69 Å². The molecular weight excluding hydrogens is 290 g/mol. The van der Waals surface area contributed by atoms with Gasteiger partial charge in [-0.1, -0.05) is 0 Å². The lowest BCUT2D eigenvalue weighted by Gasteiger charge is -2.12. The Labute approximate surface area is 119 Å². The van der Waals surface area contributed by atoms with Crippen molar-refractivity contribution in [2.45, 2.75) is 24.8 Å². The molecule has 0 aliphatic heterocycles. The van der Waals surface area contributed by atoms with Gasteiger partial charge in [-0.25, -0.2) is 13.1 Å². The molecule has 1 aromatic carbocycles. The number of hydrogen-bond acceptors (Lipinski definition) is 4. The number of hydrogen-bond donors (Lipinski definition) is 3. The van der Waals surface area contributed by atoms with E-state index in [9.17, 15) is 13.2 Å². The monoisotopic (exact) mass is 307 g/mol. The van der Waals surface area contributed by atoms with Gasteiger partial charge in [0.2, 0.25) is 15.9 Å². The summed E-state index contributed by atoms with van der Waals surface area (Å²) in [6.07, 6.45) is 0. The normalized spacial score (nSPS) is 12.4. The van der Waals surface area contributed by atoms with Gasteiger partial charge in [0.25, 0.3) is 0 Å². The second-order valence-electron chi connectivity index (χ2n) is 3.96. The number of halogens is 1.